The molecule has 120 valence electrons. The molecule has 3 rings (SSSR count). The monoisotopic (exact) mass is 332 g/mol. The van der Waals surface area contributed by atoms with Crippen LogP contribution in [0.25, 0.3) is 11.1 Å². The summed E-state index contributed by atoms with van der Waals surface area (Å²) in [5, 5.41) is 0. The van der Waals surface area contributed by atoms with Gasteiger partial charge in [0.2, 0.25) is 10.0 Å². The minimum absolute atomic E-state index is 0.0421. The lowest BCUT2D eigenvalue weighted by Gasteiger charge is -2.07. The summed E-state index contributed by atoms with van der Waals surface area (Å²) in [6, 6.07) is 14.3. The number of hydrogen-bond acceptors (Lipinski definition) is 4. The van der Waals surface area contributed by atoms with Gasteiger partial charge in [0.1, 0.15) is 0 Å². The molecule has 0 aliphatic carbocycles. The van der Waals surface area contributed by atoms with Crippen LogP contribution in [0.3, 0.4) is 0 Å². The van der Waals surface area contributed by atoms with Crippen molar-refractivity contribution in [2.75, 3.05) is 6.54 Å². The predicted octanol–water partition coefficient (Wildman–Crippen LogP) is 1.78. The Hall–Kier alpha value is -2.38. The van der Waals surface area contributed by atoms with Gasteiger partial charge < -0.3 is 4.42 Å². The SMILES string of the molecule is O=c1[nH]c2ccc(CCNS(=O)(=O)Cc3ccccc3)cc2o1. The Morgan fingerprint density at radius 1 is 1.04 bits per heavy atom. The highest BCUT2D eigenvalue weighted by Crippen LogP contribution is 2.12. The van der Waals surface area contributed by atoms with Gasteiger partial charge in [0.05, 0.1) is 11.3 Å². The van der Waals surface area contributed by atoms with Crippen molar-refractivity contribution < 1.29 is 12.8 Å². The van der Waals surface area contributed by atoms with Crippen LogP contribution in [0.15, 0.2) is 57.7 Å². The Bertz CT molecular complexity index is 958. The largest absolute Gasteiger partial charge is 0.417 e. The minimum Gasteiger partial charge on any atom is -0.408 e. The van der Waals surface area contributed by atoms with E-state index in [0.717, 1.165) is 11.1 Å². The molecule has 23 heavy (non-hydrogen) atoms. The standard InChI is InChI=1S/C16H16N2O4S/c19-16-18-14-7-6-12(10-15(14)22-16)8-9-17-23(20,21)11-13-4-2-1-3-5-13/h1-7,10,17H,8-9,11H2,(H,18,19). The van der Waals surface area contributed by atoms with Gasteiger partial charge in [-0.25, -0.2) is 17.9 Å². The fraction of sp³-hybridized carbons (Fsp3) is 0.188. The summed E-state index contributed by atoms with van der Waals surface area (Å²) < 4.78 is 31.6. The fourth-order valence-electron chi connectivity index (χ4n) is 2.34. The van der Waals surface area contributed by atoms with Gasteiger partial charge >= 0.3 is 5.76 Å². The summed E-state index contributed by atoms with van der Waals surface area (Å²) in [5.74, 6) is -0.541. The number of aromatic amines is 1. The first-order valence-electron chi connectivity index (χ1n) is 7.15. The van der Waals surface area contributed by atoms with E-state index in [0.29, 0.717) is 17.5 Å². The molecule has 2 N–H and O–H groups in total. The summed E-state index contributed by atoms with van der Waals surface area (Å²) in [5.41, 5.74) is 2.74. The van der Waals surface area contributed by atoms with Gasteiger partial charge in [-0.2, -0.15) is 0 Å². The molecule has 0 atom stereocenters. The maximum atomic E-state index is 12.0. The lowest BCUT2D eigenvalue weighted by atomic mass is 10.1. The first-order valence-corrected chi connectivity index (χ1v) is 8.80. The molecule has 2 aromatic carbocycles. The number of hydrogen-bond donors (Lipinski definition) is 2. The Morgan fingerprint density at radius 3 is 2.61 bits per heavy atom. The van der Waals surface area contributed by atoms with Crippen LogP contribution in [0.1, 0.15) is 11.1 Å². The van der Waals surface area contributed by atoms with E-state index in [2.05, 4.69) is 9.71 Å². The Balaban J connectivity index is 1.60. The van der Waals surface area contributed by atoms with Gasteiger partial charge in [-0.1, -0.05) is 36.4 Å². The molecule has 0 unspecified atom stereocenters. The lowest BCUT2D eigenvalue weighted by molar-refractivity contribution is 0.555. The van der Waals surface area contributed by atoms with Crippen molar-refractivity contribution in [3.05, 3.63) is 70.2 Å². The summed E-state index contributed by atoms with van der Waals surface area (Å²) in [7, 11) is -3.37. The number of nitrogens with one attached hydrogen (secondary N) is 2. The van der Waals surface area contributed by atoms with Gasteiger partial charge in [0.15, 0.2) is 5.58 Å². The van der Waals surface area contributed by atoms with Gasteiger partial charge in [-0.05, 0) is 29.7 Å². The molecule has 1 heterocycles. The van der Waals surface area contributed by atoms with Crippen molar-refractivity contribution in [2.45, 2.75) is 12.2 Å². The number of H-pyrrole nitrogens is 1. The quantitative estimate of drug-likeness (QED) is 0.720. The number of rotatable bonds is 6. The lowest BCUT2D eigenvalue weighted by Crippen LogP contribution is -2.27. The molecule has 0 saturated heterocycles. The van der Waals surface area contributed by atoms with Crippen molar-refractivity contribution >= 4 is 21.1 Å². The van der Waals surface area contributed by atoms with E-state index in [9.17, 15) is 13.2 Å². The van der Waals surface area contributed by atoms with E-state index in [1.165, 1.54) is 0 Å². The molecule has 7 heteroatoms. The van der Waals surface area contributed by atoms with Crippen LogP contribution in [0.5, 0.6) is 0 Å². The van der Waals surface area contributed by atoms with Gasteiger partial charge in [0.25, 0.3) is 0 Å². The molecule has 3 aromatic rings. The first-order chi connectivity index (χ1) is 11.0. The highest BCUT2D eigenvalue weighted by molar-refractivity contribution is 7.88. The van der Waals surface area contributed by atoms with E-state index < -0.39 is 15.8 Å². The zero-order chi connectivity index (χ0) is 16.3. The fourth-order valence-corrected chi connectivity index (χ4v) is 3.49. The Kier molecular flexibility index (Phi) is 4.31. The molecule has 0 spiro atoms. The van der Waals surface area contributed by atoms with E-state index in [-0.39, 0.29) is 12.3 Å². The van der Waals surface area contributed by atoms with Crippen molar-refractivity contribution in [3.63, 3.8) is 0 Å². The molecule has 0 saturated carbocycles. The number of fused-ring (bicyclic) bond motifs is 1. The summed E-state index contributed by atoms with van der Waals surface area (Å²) in [6.45, 7) is 0.287. The van der Waals surface area contributed by atoms with Crippen LogP contribution in [-0.2, 0) is 22.2 Å². The Labute approximate surface area is 133 Å². The second kappa shape index (κ2) is 6.39. The van der Waals surface area contributed by atoms with Crippen molar-refractivity contribution in [1.29, 1.82) is 0 Å². The molecule has 0 aliphatic rings. The number of sulfonamides is 1. The third-order valence-electron chi connectivity index (χ3n) is 3.42. The number of benzene rings is 2. The molecule has 0 bridgehead atoms. The first kappa shape index (κ1) is 15.5. The average molecular weight is 332 g/mol. The van der Waals surface area contributed by atoms with Crippen molar-refractivity contribution in [1.82, 2.24) is 9.71 Å². The van der Waals surface area contributed by atoms with Gasteiger partial charge in [-0.15, -0.1) is 0 Å². The van der Waals surface area contributed by atoms with Crippen LogP contribution < -0.4 is 10.5 Å². The van der Waals surface area contributed by atoms with Crippen LogP contribution in [0.2, 0.25) is 0 Å². The third-order valence-corrected chi connectivity index (χ3v) is 4.78. The van der Waals surface area contributed by atoms with Crippen molar-refractivity contribution in [2.24, 2.45) is 0 Å². The van der Waals surface area contributed by atoms with Crippen LogP contribution in [0, 0.1) is 0 Å². The average Bonchev–Trinajstić information content (AvgIpc) is 2.87. The van der Waals surface area contributed by atoms with Crippen LogP contribution >= 0.6 is 0 Å². The summed E-state index contributed by atoms with van der Waals surface area (Å²) in [4.78, 5) is 13.7. The number of aromatic nitrogens is 1. The smallest absolute Gasteiger partial charge is 0.408 e. The van der Waals surface area contributed by atoms with E-state index in [1.54, 1.807) is 24.3 Å². The number of oxazole rings is 1. The van der Waals surface area contributed by atoms with E-state index in [1.807, 2.05) is 24.3 Å². The second-order valence-corrected chi connectivity index (χ2v) is 7.04. The molecule has 6 nitrogen and oxygen atoms in total. The third kappa shape index (κ3) is 4.08. The molecule has 0 amide bonds. The molecular formula is C16H16N2O4S. The summed E-state index contributed by atoms with van der Waals surface area (Å²) in [6.07, 6.45) is 0.513. The molecule has 0 aliphatic heterocycles. The normalized spacial score (nSPS) is 11.8. The highest BCUT2D eigenvalue weighted by Gasteiger charge is 2.11. The van der Waals surface area contributed by atoms with Gasteiger partial charge in [0, 0.05) is 6.54 Å². The molecule has 1 aromatic heterocycles. The maximum absolute atomic E-state index is 12.0. The zero-order valence-corrected chi connectivity index (χ0v) is 13.1. The van der Waals surface area contributed by atoms with Gasteiger partial charge in [-0.3, -0.25) is 4.98 Å². The highest BCUT2D eigenvalue weighted by atomic mass is 32.2. The predicted molar refractivity (Wildman–Crippen MR) is 87.6 cm³/mol. The molecular weight excluding hydrogens is 316 g/mol. The molecule has 0 radical (unpaired) electrons. The van der Waals surface area contributed by atoms with Crippen LogP contribution in [0.4, 0.5) is 0 Å². The second-order valence-electron chi connectivity index (χ2n) is 5.23. The molecule has 0 fully saturated rings. The van der Waals surface area contributed by atoms with E-state index >= 15 is 0 Å². The maximum Gasteiger partial charge on any atom is 0.417 e. The zero-order valence-electron chi connectivity index (χ0n) is 12.3. The summed E-state index contributed by atoms with van der Waals surface area (Å²) >= 11 is 0. The Morgan fingerprint density at radius 2 is 1.83 bits per heavy atom. The minimum atomic E-state index is -3.37. The topological polar surface area (TPSA) is 92.2 Å². The van der Waals surface area contributed by atoms with Crippen molar-refractivity contribution in [3.8, 4) is 0 Å². The van der Waals surface area contributed by atoms with Crippen LogP contribution in [-0.4, -0.2) is 19.9 Å². The van der Waals surface area contributed by atoms with E-state index in [4.69, 9.17) is 4.42 Å².